The monoisotopic (exact) mass is 338 g/mol. The summed E-state index contributed by atoms with van der Waals surface area (Å²) in [5.74, 6) is 0.159. The third-order valence-corrected chi connectivity index (χ3v) is 9.58. The van der Waals surface area contributed by atoms with Crippen LogP contribution in [-0.4, -0.2) is 32.7 Å². The van der Waals surface area contributed by atoms with Gasteiger partial charge in [-0.05, 0) is 30.1 Å². The molecule has 2 atom stereocenters. The second kappa shape index (κ2) is 11.0. The van der Waals surface area contributed by atoms with Gasteiger partial charge >= 0.3 is 0 Å². The van der Waals surface area contributed by atoms with Gasteiger partial charge in [0.2, 0.25) is 0 Å². The highest BCUT2D eigenvalue weighted by atomic mass is 28.4. The zero-order valence-electron chi connectivity index (χ0n) is 15.3. The summed E-state index contributed by atoms with van der Waals surface area (Å²) in [6.07, 6.45) is 0.950. The summed E-state index contributed by atoms with van der Waals surface area (Å²) in [4.78, 5) is 0. The van der Waals surface area contributed by atoms with Gasteiger partial charge in [-0.15, -0.1) is 0 Å². The van der Waals surface area contributed by atoms with Gasteiger partial charge in [-0.25, -0.2) is 0 Å². The van der Waals surface area contributed by atoms with Gasteiger partial charge in [-0.2, -0.15) is 0 Å². The Bertz CT molecular complexity index is 398. The zero-order valence-corrected chi connectivity index (χ0v) is 16.3. The normalized spacial score (nSPS) is 14.7. The Morgan fingerprint density at radius 1 is 1.04 bits per heavy atom. The first-order valence-electron chi connectivity index (χ1n) is 9.01. The van der Waals surface area contributed by atoms with Gasteiger partial charge in [0.1, 0.15) is 0 Å². The van der Waals surface area contributed by atoms with Crippen LogP contribution in [0.5, 0.6) is 0 Å². The molecule has 0 saturated heterocycles. The number of ether oxygens (including phenoxy) is 1. The lowest BCUT2D eigenvalue weighted by Crippen LogP contribution is -2.43. The highest BCUT2D eigenvalue weighted by molar-refractivity contribution is 6.73. The lowest BCUT2D eigenvalue weighted by Gasteiger charge is -2.35. The second-order valence-electron chi connectivity index (χ2n) is 6.39. The van der Waals surface area contributed by atoms with Crippen LogP contribution in [0.4, 0.5) is 0 Å². The van der Waals surface area contributed by atoms with Gasteiger partial charge in [-0.1, -0.05) is 58.0 Å². The van der Waals surface area contributed by atoms with E-state index in [1.807, 2.05) is 18.2 Å². The molecule has 1 aromatic carbocycles. The molecule has 3 nitrogen and oxygen atoms in total. The lowest BCUT2D eigenvalue weighted by atomic mass is 10.0. The zero-order chi connectivity index (χ0) is 17.1. The molecule has 1 N–H and O–H groups in total. The second-order valence-corrected chi connectivity index (χ2v) is 11.1. The Balaban J connectivity index is 2.51. The average Bonchev–Trinajstić information content (AvgIpc) is 2.62. The molecule has 23 heavy (non-hydrogen) atoms. The molecule has 0 amide bonds. The smallest absolute Gasteiger partial charge is 0.192 e. The van der Waals surface area contributed by atoms with Crippen LogP contribution in [0.3, 0.4) is 0 Å². The molecule has 1 rings (SSSR count). The van der Waals surface area contributed by atoms with E-state index in [1.54, 1.807) is 0 Å². The molecule has 0 heterocycles. The molecule has 0 aliphatic carbocycles. The van der Waals surface area contributed by atoms with Gasteiger partial charge < -0.3 is 14.3 Å². The largest absolute Gasteiger partial charge is 0.414 e. The summed E-state index contributed by atoms with van der Waals surface area (Å²) in [7, 11) is -1.65. The van der Waals surface area contributed by atoms with Gasteiger partial charge in [-0.3, -0.25) is 0 Å². The van der Waals surface area contributed by atoms with E-state index < -0.39 is 8.32 Å². The number of hydrogen-bond donors (Lipinski definition) is 1. The van der Waals surface area contributed by atoms with Crippen molar-refractivity contribution in [2.45, 2.75) is 65.0 Å². The molecule has 1 aromatic rings. The fourth-order valence-corrected chi connectivity index (χ4v) is 5.85. The first-order valence-corrected chi connectivity index (χ1v) is 11.5. The van der Waals surface area contributed by atoms with Crippen LogP contribution in [0.1, 0.15) is 39.7 Å². The topological polar surface area (TPSA) is 38.7 Å². The molecule has 0 aliphatic heterocycles. The Hall–Kier alpha value is -0.683. The Labute approximate surface area is 143 Å². The van der Waals surface area contributed by atoms with E-state index in [0.29, 0.717) is 13.2 Å². The highest BCUT2D eigenvalue weighted by Crippen LogP contribution is 2.27. The van der Waals surface area contributed by atoms with Crippen molar-refractivity contribution in [3.63, 3.8) is 0 Å². The Morgan fingerprint density at radius 2 is 1.65 bits per heavy atom. The fourth-order valence-electron chi connectivity index (χ4n) is 2.86. The van der Waals surface area contributed by atoms with Crippen LogP contribution in [0.15, 0.2) is 30.3 Å². The summed E-state index contributed by atoms with van der Waals surface area (Å²) in [6.45, 7) is 10.3. The van der Waals surface area contributed by atoms with Crippen LogP contribution >= 0.6 is 0 Å². The summed E-state index contributed by atoms with van der Waals surface area (Å²) < 4.78 is 12.4. The molecule has 0 fully saturated rings. The standard InChI is InChI=1S/C19H34O3Si/c1-5-23(6-2,7-3)22-19(17(4)15-20)13-14-21-16-18-11-9-8-10-12-18/h8-12,17,19-20H,5-7,13-16H2,1-4H3/t17-,19+/m0/s1. The summed E-state index contributed by atoms with van der Waals surface area (Å²) in [5.41, 5.74) is 1.19. The summed E-state index contributed by atoms with van der Waals surface area (Å²) >= 11 is 0. The van der Waals surface area contributed by atoms with Crippen LogP contribution in [0, 0.1) is 5.92 Å². The van der Waals surface area contributed by atoms with E-state index in [1.165, 1.54) is 5.56 Å². The maximum absolute atomic E-state index is 9.55. The van der Waals surface area contributed by atoms with Crippen molar-refractivity contribution in [1.29, 1.82) is 0 Å². The number of aliphatic hydroxyl groups excluding tert-OH is 1. The molecular formula is C19H34O3Si. The maximum atomic E-state index is 9.55. The van der Waals surface area contributed by atoms with E-state index in [2.05, 4.69) is 39.8 Å². The number of hydrogen-bond acceptors (Lipinski definition) is 3. The van der Waals surface area contributed by atoms with Crippen molar-refractivity contribution in [1.82, 2.24) is 0 Å². The Kier molecular flexibility index (Phi) is 9.71. The number of benzene rings is 1. The molecule has 132 valence electrons. The SMILES string of the molecule is CC[Si](CC)(CC)O[C@H](CCOCc1ccccc1)[C@@H](C)CO. The molecule has 0 saturated carbocycles. The predicted molar refractivity (Wildman–Crippen MR) is 99.0 cm³/mol. The molecule has 0 bridgehead atoms. The van der Waals surface area contributed by atoms with Crippen LogP contribution in [0.2, 0.25) is 18.1 Å². The van der Waals surface area contributed by atoms with Gasteiger partial charge in [0.05, 0.1) is 12.7 Å². The molecular weight excluding hydrogens is 304 g/mol. The number of aliphatic hydroxyl groups is 1. The molecule has 4 heteroatoms. The van der Waals surface area contributed by atoms with Gasteiger partial charge in [0, 0.05) is 19.1 Å². The van der Waals surface area contributed by atoms with Crippen molar-refractivity contribution in [3.8, 4) is 0 Å². The first kappa shape index (κ1) is 20.4. The molecule has 0 unspecified atom stereocenters. The maximum Gasteiger partial charge on any atom is 0.192 e. The highest BCUT2D eigenvalue weighted by Gasteiger charge is 2.33. The summed E-state index contributed by atoms with van der Waals surface area (Å²) in [6, 6.07) is 13.6. The number of rotatable bonds is 12. The first-order chi connectivity index (χ1) is 11.1. The Morgan fingerprint density at radius 3 is 2.17 bits per heavy atom. The lowest BCUT2D eigenvalue weighted by molar-refractivity contribution is 0.0401. The quantitative estimate of drug-likeness (QED) is 0.447. The van der Waals surface area contributed by atoms with Crippen molar-refractivity contribution in [2.75, 3.05) is 13.2 Å². The van der Waals surface area contributed by atoms with Gasteiger partial charge in [0.15, 0.2) is 8.32 Å². The van der Waals surface area contributed by atoms with Crippen LogP contribution < -0.4 is 0 Å². The fraction of sp³-hybridized carbons (Fsp3) is 0.684. The molecule has 0 radical (unpaired) electrons. The van der Waals surface area contributed by atoms with Crippen LogP contribution in [0.25, 0.3) is 0 Å². The van der Waals surface area contributed by atoms with E-state index in [-0.39, 0.29) is 18.6 Å². The minimum atomic E-state index is -1.65. The van der Waals surface area contributed by atoms with Crippen molar-refractivity contribution in [2.24, 2.45) is 5.92 Å². The van der Waals surface area contributed by atoms with Crippen molar-refractivity contribution in [3.05, 3.63) is 35.9 Å². The van der Waals surface area contributed by atoms with Gasteiger partial charge in [0.25, 0.3) is 0 Å². The third-order valence-electron chi connectivity index (χ3n) is 4.92. The summed E-state index contributed by atoms with van der Waals surface area (Å²) in [5, 5.41) is 9.55. The predicted octanol–water partition coefficient (Wildman–Crippen LogP) is 4.61. The van der Waals surface area contributed by atoms with E-state index in [4.69, 9.17) is 9.16 Å². The van der Waals surface area contributed by atoms with E-state index in [9.17, 15) is 5.11 Å². The molecule has 0 aliphatic rings. The molecule has 0 aromatic heterocycles. The van der Waals surface area contributed by atoms with E-state index >= 15 is 0 Å². The third kappa shape index (κ3) is 6.75. The average molecular weight is 339 g/mol. The minimum absolute atomic E-state index is 0.0993. The van der Waals surface area contributed by atoms with Crippen molar-refractivity contribution < 1.29 is 14.3 Å². The van der Waals surface area contributed by atoms with Crippen LogP contribution in [-0.2, 0) is 15.8 Å². The minimum Gasteiger partial charge on any atom is -0.414 e. The van der Waals surface area contributed by atoms with Crippen molar-refractivity contribution >= 4 is 8.32 Å². The van der Waals surface area contributed by atoms with E-state index in [0.717, 1.165) is 24.6 Å². The molecule has 0 spiro atoms.